The van der Waals surface area contributed by atoms with Crippen molar-refractivity contribution in [2.24, 2.45) is 5.92 Å². The molecule has 108 valence electrons. The number of carbonyl (C=O) groups excluding carboxylic acids is 1. The smallest absolute Gasteiger partial charge is 0.237 e. The van der Waals surface area contributed by atoms with Gasteiger partial charge in [-0.15, -0.1) is 0 Å². The van der Waals surface area contributed by atoms with E-state index in [2.05, 4.69) is 34.9 Å². The van der Waals surface area contributed by atoms with E-state index in [0.717, 1.165) is 25.8 Å². The van der Waals surface area contributed by atoms with Gasteiger partial charge in [-0.1, -0.05) is 36.8 Å². The molecular formula is C17H24N2O. The lowest BCUT2D eigenvalue weighted by atomic mass is 10.00. The lowest BCUT2D eigenvalue weighted by Crippen LogP contribution is -2.50. The van der Waals surface area contributed by atoms with Crippen molar-refractivity contribution in [3.8, 4) is 0 Å². The topological polar surface area (TPSA) is 41.1 Å². The van der Waals surface area contributed by atoms with E-state index in [-0.39, 0.29) is 11.9 Å². The summed E-state index contributed by atoms with van der Waals surface area (Å²) >= 11 is 0. The monoisotopic (exact) mass is 272 g/mol. The van der Waals surface area contributed by atoms with Gasteiger partial charge in [-0.3, -0.25) is 4.79 Å². The third-order valence-electron chi connectivity index (χ3n) is 4.44. The maximum absolute atomic E-state index is 12.4. The molecule has 1 saturated carbocycles. The normalized spacial score (nSPS) is 24.1. The Kier molecular flexibility index (Phi) is 4.36. The average Bonchev–Trinajstić information content (AvgIpc) is 3.33. The summed E-state index contributed by atoms with van der Waals surface area (Å²) in [5, 5.41) is 6.63. The SMILES string of the molecule is O=C(NC(Cc1ccccc1)C1CC1)C1CCCCN1. The van der Waals surface area contributed by atoms with Gasteiger partial charge >= 0.3 is 0 Å². The minimum Gasteiger partial charge on any atom is -0.351 e. The molecule has 0 radical (unpaired) electrons. The number of benzene rings is 1. The molecule has 2 unspecified atom stereocenters. The predicted molar refractivity (Wildman–Crippen MR) is 80.4 cm³/mol. The first kappa shape index (κ1) is 13.6. The Hall–Kier alpha value is -1.35. The molecule has 2 fully saturated rings. The molecule has 1 amide bonds. The van der Waals surface area contributed by atoms with Crippen LogP contribution in [0.15, 0.2) is 30.3 Å². The largest absolute Gasteiger partial charge is 0.351 e. The highest BCUT2D eigenvalue weighted by atomic mass is 16.2. The molecule has 2 N–H and O–H groups in total. The van der Waals surface area contributed by atoms with Crippen LogP contribution in [0.2, 0.25) is 0 Å². The van der Waals surface area contributed by atoms with E-state index in [9.17, 15) is 4.79 Å². The number of nitrogens with one attached hydrogen (secondary N) is 2. The molecule has 1 heterocycles. The first-order valence-corrected chi connectivity index (χ1v) is 7.90. The Morgan fingerprint density at radius 1 is 1.20 bits per heavy atom. The molecule has 1 aromatic rings. The Morgan fingerprint density at radius 2 is 2.00 bits per heavy atom. The van der Waals surface area contributed by atoms with Crippen LogP contribution in [0, 0.1) is 5.92 Å². The van der Waals surface area contributed by atoms with Gasteiger partial charge in [0.25, 0.3) is 0 Å². The summed E-state index contributed by atoms with van der Waals surface area (Å²) < 4.78 is 0. The molecule has 1 saturated heterocycles. The maximum atomic E-state index is 12.4. The van der Waals surface area contributed by atoms with E-state index in [1.165, 1.54) is 24.8 Å². The number of carbonyl (C=O) groups is 1. The highest BCUT2D eigenvalue weighted by Gasteiger charge is 2.33. The van der Waals surface area contributed by atoms with E-state index in [0.29, 0.717) is 12.0 Å². The summed E-state index contributed by atoms with van der Waals surface area (Å²) in [6.07, 6.45) is 6.82. The van der Waals surface area contributed by atoms with Crippen molar-refractivity contribution in [3.05, 3.63) is 35.9 Å². The molecular weight excluding hydrogens is 248 g/mol. The first-order valence-electron chi connectivity index (χ1n) is 7.90. The Labute approximate surface area is 121 Å². The van der Waals surface area contributed by atoms with Crippen molar-refractivity contribution >= 4 is 5.91 Å². The van der Waals surface area contributed by atoms with Crippen LogP contribution in [-0.4, -0.2) is 24.5 Å². The fourth-order valence-corrected chi connectivity index (χ4v) is 3.06. The van der Waals surface area contributed by atoms with Gasteiger partial charge in [0.05, 0.1) is 6.04 Å². The van der Waals surface area contributed by atoms with E-state index in [4.69, 9.17) is 0 Å². The van der Waals surface area contributed by atoms with E-state index in [1.807, 2.05) is 6.07 Å². The van der Waals surface area contributed by atoms with Gasteiger partial charge in [0.1, 0.15) is 0 Å². The molecule has 3 rings (SSSR count). The predicted octanol–water partition coefficient (Wildman–Crippen LogP) is 2.27. The summed E-state index contributed by atoms with van der Waals surface area (Å²) in [7, 11) is 0. The quantitative estimate of drug-likeness (QED) is 0.863. The second kappa shape index (κ2) is 6.40. The summed E-state index contributed by atoms with van der Waals surface area (Å²) in [5.74, 6) is 0.889. The van der Waals surface area contributed by atoms with Crippen molar-refractivity contribution in [2.75, 3.05) is 6.54 Å². The third kappa shape index (κ3) is 3.60. The molecule has 3 nitrogen and oxygen atoms in total. The second-order valence-corrected chi connectivity index (χ2v) is 6.14. The van der Waals surface area contributed by atoms with Crippen molar-refractivity contribution in [1.29, 1.82) is 0 Å². The molecule has 1 aliphatic heterocycles. The number of amides is 1. The van der Waals surface area contributed by atoms with Crippen LogP contribution >= 0.6 is 0 Å². The number of piperidine rings is 1. The van der Waals surface area contributed by atoms with Crippen LogP contribution in [0.1, 0.15) is 37.7 Å². The first-order chi connectivity index (χ1) is 9.83. The van der Waals surface area contributed by atoms with Crippen LogP contribution < -0.4 is 10.6 Å². The van der Waals surface area contributed by atoms with Gasteiger partial charge < -0.3 is 10.6 Å². The second-order valence-electron chi connectivity index (χ2n) is 6.14. The zero-order valence-corrected chi connectivity index (χ0v) is 12.0. The van der Waals surface area contributed by atoms with E-state index >= 15 is 0 Å². The zero-order valence-electron chi connectivity index (χ0n) is 12.0. The fourth-order valence-electron chi connectivity index (χ4n) is 3.06. The number of rotatable bonds is 5. The van der Waals surface area contributed by atoms with Gasteiger partial charge in [-0.05, 0) is 50.1 Å². The number of hydrogen-bond acceptors (Lipinski definition) is 2. The minimum absolute atomic E-state index is 0.0285. The van der Waals surface area contributed by atoms with Gasteiger partial charge in [-0.2, -0.15) is 0 Å². The van der Waals surface area contributed by atoms with Gasteiger partial charge in [0.2, 0.25) is 5.91 Å². The zero-order chi connectivity index (χ0) is 13.8. The van der Waals surface area contributed by atoms with E-state index < -0.39 is 0 Å². The Balaban J connectivity index is 1.58. The molecule has 0 spiro atoms. The van der Waals surface area contributed by atoms with E-state index in [1.54, 1.807) is 0 Å². The summed E-state index contributed by atoms with van der Waals surface area (Å²) in [6, 6.07) is 10.8. The number of hydrogen-bond donors (Lipinski definition) is 2. The molecule has 1 aromatic carbocycles. The van der Waals surface area contributed by atoms with Gasteiger partial charge in [0, 0.05) is 6.04 Å². The fraction of sp³-hybridized carbons (Fsp3) is 0.588. The van der Waals surface area contributed by atoms with Crippen molar-refractivity contribution in [2.45, 2.75) is 50.6 Å². The van der Waals surface area contributed by atoms with Crippen LogP contribution in [0.25, 0.3) is 0 Å². The van der Waals surface area contributed by atoms with Crippen molar-refractivity contribution in [3.63, 3.8) is 0 Å². The Bertz CT molecular complexity index is 436. The standard InChI is InChI=1S/C17H24N2O/c20-17(15-8-4-5-11-18-15)19-16(14-9-10-14)12-13-6-2-1-3-7-13/h1-3,6-7,14-16,18H,4-5,8-12H2,(H,19,20). The van der Waals surface area contributed by atoms with Crippen molar-refractivity contribution < 1.29 is 4.79 Å². The molecule has 1 aliphatic carbocycles. The van der Waals surface area contributed by atoms with Gasteiger partial charge in [-0.25, -0.2) is 0 Å². The molecule has 0 aromatic heterocycles. The average molecular weight is 272 g/mol. The Morgan fingerprint density at radius 3 is 2.65 bits per heavy atom. The highest BCUT2D eigenvalue weighted by Crippen LogP contribution is 2.34. The van der Waals surface area contributed by atoms with Crippen LogP contribution in [0.5, 0.6) is 0 Å². The lowest BCUT2D eigenvalue weighted by molar-refractivity contribution is -0.124. The molecule has 20 heavy (non-hydrogen) atoms. The summed E-state index contributed by atoms with van der Waals surface area (Å²) in [5.41, 5.74) is 1.32. The molecule has 3 heteroatoms. The van der Waals surface area contributed by atoms with Crippen LogP contribution in [0.3, 0.4) is 0 Å². The lowest BCUT2D eigenvalue weighted by Gasteiger charge is -2.26. The van der Waals surface area contributed by atoms with Crippen LogP contribution in [0.4, 0.5) is 0 Å². The third-order valence-corrected chi connectivity index (χ3v) is 4.44. The summed E-state index contributed by atoms with van der Waals surface area (Å²) in [4.78, 5) is 12.4. The highest BCUT2D eigenvalue weighted by molar-refractivity contribution is 5.82. The molecule has 2 atom stereocenters. The molecule has 0 bridgehead atoms. The van der Waals surface area contributed by atoms with Crippen LogP contribution in [-0.2, 0) is 11.2 Å². The van der Waals surface area contributed by atoms with Gasteiger partial charge in [0.15, 0.2) is 0 Å². The van der Waals surface area contributed by atoms with Crippen molar-refractivity contribution in [1.82, 2.24) is 10.6 Å². The summed E-state index contributed by atoms with van der Waals surface area (Å²) in [6.45, 7) is 0.977. The maximum Gasteiger partial charge on any atom is 0.237 e. The molecule has 2 aliphatic rings. The minimum atomic E-state index is 0.0285.